The van der Waals surface area contributed by atoms with Crippen molar-refractivity contribution < 1.29 is 34.7 Å². The molecule has 1 aliphatic heterocycles. The molecule has 2 aromatic carbocycles. The van der Waals surface area contributed by atoms with Gasteiger partial charge in [-0.15, -0.1) is 0 Å². The monoisotopic (exact) mass is 332 g/mol. The van der Waals surface area contributed by atoms with Crippen molar-refractivity contribution in [2.75, 3.05) is 7.11 Å². The predicted octanol–water partition coefficient (Wildman–Crippen LogP) is 2.21. The Hall–Kier alpha value is -3.09. The van der Waals surface area contributed by atoms with E-state index in [1.807, 2.05) is 0 Å². The molecule has 0 aromatic heterocycles. The summed E-state index contributed by atoms with van der Waals surface area (Å²) in [4.78, 5) is 12.1. The highest BCUT2D eigenvalue weighted by Crippen LogP contribution is 2.49. The van der Waals surface area contributed by atoms with Gasteiger partial charge in [0.05, 0.1) is 18.6 Å². The quantitative estimate of drug-likeness (QED) is 0.492. The molecule has 3 rings (SSSR count). The van der Waals surface area contributed by atoms with Gasteiger partial charge in [0.2, 0.25) is 5.75 Å². The number of aromatic hydroxyl groups is 4. The van der Waals surface area contributed by atoms with E-state index in [1.165, 1.54) is 13.2 Å². The third-order valence-corrected chi connectivity index (χ3v) is 4.15. The molecule has 0 aliphatic carbocycles. The molecule has 0 saturated heterocycles. The number of carbonyl (C=O) groups is 1. The van der Waals surface area contributed by atoms with Crippen molar-refractivity contribution in [3.63, 3.8) is 0 Å². The standard InChI is InChI=1S/C17H16O7/c1-7-13(8-3-4-10(18)12(5-8)23-2)14-9(17(22)24-7)6-11(19)15(20)16(14)21/h3-7,13,18-21H,1-2H3/t7-,13+/m1/s1. The first-order chi connectivity index (χ1) is 11.3. The molecule has 2 atom stereocenters. The number of benzene rings is 2. The number of fused-ring (bicyclic) bond motifs is 1. The van der Waals surface area contributed by atoms with E-state index in [-0.39, 0.29) is 22.6 Å². The van der Waals surface area contributed by atoms with Gasteiger partial charge in [-0.25, -0.2) is 4.79 Å². The van der Waals surface area contributed by atoms with Gasteiger partial charge in [-0.2, -0.15) is 0 Å². The fourth-order valence-electron chi connectivity index (χ4n) is 3.00. The van der Waals surface area contributed by atoms with E-state index in [0.717, 1.165) is 6.07 Å². The summed E-state index contributed by atoms with van der Waals surface area (Å²) in [6.45, 7) is 1.65. The van der Waals surface area contributed by atoms with E-state index in [9.17, 15) is 25.2 Å². The molecule has 1 aliphatic rings. The van der Waals surface area contributed by atoms with Gasteiger partial charge in [-0.05, 0) is 30.7 Å². The van der Waals surface area contributed by atoms with Crippen LogP contribution in [-0.4, -0.2) is 39.6 Å². The molecule has 0 bridgehead atoms. The van der Waals surface area contributed by atoms with Crippen molar-refractivity contribution in [1.29, 1.82) is 0 Å². The summed E-state index contributed by atoms with van der Waals surface area (Å²) in [6.07, 6.45) is -0.644. The van der Waals surface area contributed by atoms with Crippen molar-refractivity contribution >= 4 is 5.97 Å². The number of esters is 1. The number of hydrogen-bond donors (Lipinski definition) is 4. The predicted molar refractivity (Wildman–Crippen MR) is 82.8 cm³/mol. The van der Waals surface area contributed by atoms with Crippen LogP contribution in [0.2, 0.25) is 0 Å². The van der Waals surface area contributed by atoms with Crippen LogP contribution in [0.5, 0.6) is 28.7 Å². The molecule has 0 fully saturated rings. The number of ether oxygens (including phenoxy) is 2. The Labute approximate surface area is 137 Å². The molecule has 7 heteroatoms. The average molecular weight is 332 g/mol. The maximum Gasteiger partial charge on any atom is 0.339 e. The number of carbonyl (C=O) groups excluding carboxylic acids is 1. The number of phenolic OH excluding ortho intramolecular Hbond substituents is 4. The van der Waals surface area contributed by atoms with Crippen LogP contribution in [0.3, 0.4) is 0 Å². The Morgan fingerprint density at radius 3 is 2.42 bits per heavy atom. The Bertz CT molecular complexity index is 828. The molecular weight excluding hydrogens is 316 g/mol. The molecule has 0 spiro atoms. The lowest BCUT2D eigenvalue weighted by Crippen LogP contribution is -2.30. The van der Waals surface area contributed by atoms with E-state index in [2.05, 4.69) is 0 Å². The zero-order valence-corrected chi connectivity index (χ0v) is 13.0. The minimum absolute atomic E-state index is 0.0297. The molecule has 0 radical (unpaired) electrons. The minimum Gasteiger partial charge on any atom is -0.504 e. The Morgan fingerprint density at radius 2 is 1.75 bits per heavy atom. The third-order valence-electron chi connectivity index (χ3n) is 4.15. The summed E-state index contributed by atoms with van der Waals surface area (Å²) in [5, 5.41) is 39.5. The molecule has 24 heavy (non-hydrogen) atoms. The van der Waals surface area contributed by atoms with Crippen molar-refractivity contribution in [2.45, 2.75) is 18.9 Å². The SMILES string of the molecule is COc1cc([C@H]2c3c(cc(O)c(O)c3O)C(=O)O[C@@H]2C)ccc1O. The van der Waals surface area contributed by atoms with Gasteiger partial charge in [-0.3, -0.25) is 0 Å². The van der Waals surface area contributed by atoms with Crippen LogP contribution in [0.25, 0.3) is 0 Å². The molecule has 0 unspecified atom stereocenters. The molecule has 0 amide bonds. The molecular formula is C17H16O7. The fourth-order valence-corrected chi connectivity index (χ4v) is 3.00. The topological polar surface area (TPSA) is 116 Å². The van der Waals surface area contributed by atoms with Crippen LogP contribution >= 0.6 is 0 Å². The van der Waals surface area contributed by atoms with Crippen LogP contribution in [0.1, 0.15) is 34.3 Å². The summed E-state index contributed by atoms with van der Waals surface area (Å²) in [5.74, 6) is -3.04. The van der Waals surface area contributed by atoms with E-state index in [4.69, 9.17) is 9.47 Å². The minimum atomic E-state index is -0.704. The van der Waals surface area contributed by atoms with Gasteiger partial charge in [0.1, 0.15) is 6.10 Å². The van der Waals surface area contributed by atoms with Gasteiger partial charge >= 0.3 is 5.97 Å². The van der Waals surface area contributed by atoms with Gasteiger partial charge in [-0.1, -0.05) is 6.07 Å². The van der Waals surface area contributed by atoms with E-state index in [1.54, 1.807) is 19.1 Å². The lowest BCUT2D eigenvalue weighted by Gasteiger charge is -2.32. The van der Waals surface area contributed by atoms with Gasteiger partial charge in [0, 0.05) is 5.56 Å². The molecule has 2 aromatic rings. The molecule has 126 valence electrons. The van der Waals surface area contributed by atoms with Crippen molar-refractivity contribution in [3.05, 3.63) is 41.0 Å². The van der Waals surface area contributed by atoms with Crippen LogP contribution in [0.4, 0.5) is 0 Å². The Kier molecular flexibility index (Phi) is 3.63. The fraction of sp³-hybridized carbons (Fsp3) is 0.235. The molecule has 4 N–H and O–H groups in total. The van der Waals surface area contributed by atoms with Crippen LogP contribution < -0.4 is 4.74 Å². The van der Waals surface area contributed by atoms with E-state index < -0.39 is 35.2 Å². The first kappa shape index (κ1) is 15.8. The van der Waals surface area contributed by atoms with Crippen molar-refractivity contribution in [3.8, 4) is 28.7 Å². The molecule has 0 saturated carbocycles. The smallest absolute Gasteiger partial charge is 0.339 e. The van der Waals surface area contributed by atoms with Gasteiger partial charge in [0.25, 0.3) is 0 Å². The summed E-state index contributed by atoms with van der Waals surface area (Å²) in [6, 6.07) is 5.64. The number of hydrogen-bond acceptors (Lipinski definition) is 7. The zero-order valence-electron chi connectivity index (χ0n) is 13.0. The second-order valence-electron chi connectivity index (χ2n) is 5.57. The Morgan fingerprint density at radius 1 is 1.04 bits per heavy atom. The Balaban J connectivity index is 2.25. The highest BCUT2D eigenvalue weighted by Gasteiger charge is 2.38. The van der Waals surface area contributed by atoms with E-state index in [0.29, 0.717) is 5.56 Å². The summed E-state index contributed by atoms with van der Waals surface area (Å²) in [7, 11) is 1.40. The van der Waals surface area contributed by atoms with Crippen LogP contribution in [0.15, 0.2) is 24.3 Å². The summed E-state index contributed by atoms with van der Waals surface area (Å²) >= 11 is 0. The van der Waals surface area contributed by atoms with Crippen molar-refractivity contribution in [1.82, 2.24) is 0 Å². The normalized spacial score (nSPS) is 19.5. The zero-order chi connectivity index (χ0) is 17.6. The van der Waals surface area contributed by atoms with Gasteiger partial charge < -0.3 is 29.9 Å². The largest absolute Gasteiger partial charge is 0.504 e. The third kappa shape index (κ3) is 2.25. The van der Waals surface area contributed by atoms with Gasteiger partial charge in [0.15, 0.2) is 23.0 Å². The van der Waals surface area contributed by atoms with Crippen LogP contribution in [0, 0.1) is 0 Å². The highest BCUT2D eigenvalue weighted by molar-refractivity contribution is 5.95. The number of methoxy groups -OCH3 is 1. The summed E-state index contributed by atoms with van der Waals surface area (Å²) < 4.78 is 10.4. The maximum atomic E-state index is 12.1. The maximum absolute atomic E-state index is 12.1. The van der Waals surface area contributed by atoms with E-state index >= 15 is 0 Å². The number of cyclic esters (lactones) is 1. The molecule has 1 heterocycles. The molecule has 7 nitrogen and oxygen atoms in total. The number of rotatable bonds is 2. The van der Waals surface area contributed by atoms with Crippen LogP contribution in [-0.2, 0) is 4.74 Å². The lowest BCUT2D eigenvalue weighted by atomic mass is 9.81. The first-order valence-corrected chi connectivity index (χ1v) is 7.20. The second kappa shape index (κ2) is 5.52. The summed E-state index contributed by atoms with van der Waals surface area (Å²) in [5.41, 5.74) is 0.728. The highest BCUT2D eigenvalue weighted by atomic mass is 16.5. The van der Waals surface area contributed by atoms with Crippen molar-refractivity contribution in [2.24, 2.45) is 0 Å². The number of phenols is 4. The second-order valence-corrected chi connectivity index (χ2v) is 5.57. The lowest BCUT2D eigenvalue weighted by molar-refractivity contribution is 0.0254. The first-order valence-electron chi connectivity index (χ1n) is 7.20. The average Bonchev–Trinajstić information content (AvgIpc) is 2.55.